The fourth-order valence-corrected chi connectivity index (χ4v) is 2.59. The van der Waals surface area contributed by atoms with E-state index in [4.69, 9.17) is 21.7 Å². The van der Waals surface area contributed by atoms with E-state index in [0.717, 1.165) is 6.07 Å². The van der Waals surface area contributed by atoms with Crippen molar-refractivity contribution in [2.75, 3.05) is 0 Å². The summed E-state index contributed by atoms with van der Waals surface area (Å²) in [6.45, 7) is -0.235. The molecule has 0 aromatic heterocycles. The van der Waals surface area contributed by atoms with Crippen LogP contribution in [0, 0.1) is 21.4 Å². The van der Waals surface area contributed by atoms with Crippen molar-refractivity contribution in [3.8, 4) is 6.07 Å². The molecule has 90 valence electrons. The second-order valence-electron chi connectivity index (χ2n) is 2.96. The predicted octanol–water partition coefficient (Wildman–Crippen LogP) is 0.853. The minimum absolute atomic E-state index is 0.00627. The van der Waals surface area contributed by atoms with Gasteiger partial charge in [-0.05, 0) is 12.1 Å². The minimum atomic E-state index is -4.40. The molecule has 0 spiro atoms. The van der Waals surface area contributed by atoms with Crippen molar-refractivity contribution in [1.29, 1.82) is 5.26 Å². The van der Waals surface area contributed by atoms with E-state index in [0.29, 0.717) is 0 Å². The fourth-order valence-electron chi connectivity index (χ4n) is 1.31. The van der Waals surface area contributed by atoms with Crippen LogP contribution in [0.5, 0.6) is 0 Å². The fraction of sp³-hybridized carbons (Fsp3) is 0.125. The van der Waals surface area contributed by atoms with Gasteiger partial charge in [0.2, 0.25) is 0 Å². The highest BCUT2D eigenvalue weighted by Crippen LogP contribution is 2.33. The summed E-state index contributed by atoms with van der Waals surface area (Å²) in [5, 5.41) is 19.6. The zero-order chi connectivity index (χ0) is 13.2. The van der Waals surface area contributed by atoms with Crippen LogP contribution in [-0.2, 0) is 15.6 Å². The molecule has 1 aromatic rings. The SMILES string of the molecule is N#Cc1ccc(CN)c([N+](=O)[O-])c1S(=O)(=O)Cl. The number of benzene rings is 1. The molecule has 2 N–H and O–H groups in total. The Kier molecular flexibility index (Phi) is 3.67. The summed E-state index contributed by atoms with van der Waals surface area (Å²) in [5.74, 6) is 0. The smallest absolute Gasteiger partial charge is 0.295 e. The summed E-state index contributed by atoms with van der Waals surface area (Å²) in [7, 11) is 0.695. The van der Waals surface area contributed by atoms with E-state index in [1.807, 2.05) is 0 Å². The number of hydrogen-bond acceptors (Lipinski definition) is 6. The van der Waals surface area contributed by atoms with E-state index in [1.165, 1.54) is 12.1 Å². The van der Waals surface area contributed by atoms with Crippen molar-refractivity contribution in [1.82, 2.24) is 0 Å². The number of nitro benzene ring substituents is 1. The lowest BCUT2D eigenvalue weighted by Crippen LogP contribution is -2.08. The molecule has 0 aliphatic carbocycles. The van der Waals surface area contributed by atoms with Gasteiger partial charge in [-0.25, -0.2) is 8.42 Å². The van der Waals surface area contributed by atoms with Crippen molar-refractivity contribution in [2.45, 2.75) is 11.4 Å². The lowest BCUT2D eigenvalue weighted by Gasteiger charge is -2.05. The quantitative estimate of drug-likeness (QED) is 0.495. The maximum atomic E-state index is 11.3. The van der Waals surface area contributed by atoms with Gasteiger partial charge < -0.3 is 5.73 Å². The molecule has 7 nitrogen and oxygen atoms in total. The first-order chi connectivity index (χ1) is 7.82. The van der Waals surface area contributed by atoms with Gasteiger partial charge in [-0.3, -0.25) is 10.1 Å². The van der Waals surface area contributed by atoms with Gasteiger partial charge in [-0.1, -0.05) is 0 Å². The Bertz CT molecular complexity index is 620. The van der Waals surface area contributed by atoms with Gasteiger partial charge in [0.25, 0.3) is 14.7 Å². The van der Waals surface area contributed by atoms with Crippen molar-refractivity contribution in [2.24, 2.45) is 5.73 Å². The predicted molar refractivity (Wildman–Crippen MR) is 58.7 cm³/mol. The molecule has 1 aromatic carbocycles. The molecule has 0 heterocycles. The van der Waals surface area contributed by atoms with Gasteiger partial charge in [-0.15, -0.1) is 0 Å². The first kappa shape index (κ1) is 13.4. The number of rotatable bonds is 3. The van der Waals surface area contributed by atoms with Gasteiger partial charge in [-0.2, -0.15) is 5.26 Å². The first-order valence-corrected chi connectivity index (χ1v) is 6.49. The molecule has 9 heteroatoms. The van der Waals surface area contributed by atoms with E-state index in [9.17, 15) is 18.5 Å². The summed E-state index contributed by atoms with van der Waals surface area (Å²) in [6, 6.07) is 3.89. The normalized spacial score (nSPS) is 10.9. The van der Waals surface area contributed by atoms with Crippen LogP contribution in [0.2, 0.25) is 0 Å². The van der Waals surface area contributed by atoms with Crippen molar-refractivity contribution in [3.05, 3.63) is 33.4 Å². The van der Waals surface area contributed by atoms with Gasteiger partial charge >= 0.3 is 0 Å². The van der Waals surface area contributed by atoms with Crippen LogP contribution in [-0.4, -0.2) is 13.3 Å². The van der Waals surface area contributed by atoms with Crippen molar-refractivity contribution >= 4 is 25.4 Å². The molecule has 0 unspecified atom stereocenters. The second-order valence-corrected chi connectivity index (χ2v) is 5.46. The Morgan fingerprint density at radius 2 is 2.12 bits per heavy atom. The van der Waals surface area contributed by atoms with Gasteiger partial charge in [0.15, 0.2) is 4.90 Å². The van der Waals surface area contributed by atoms with Crippen LogP contribution in [0.15, 0.2) is 17.0 Å². The van der Waals surface area contributed by atoms with Crippen LogP contribution < -0.4 is 5.73 Å². The highest BCUT2D eigenvalue weighted by Gasteiger charge is 2.30. The zero-order valence-electron chi connectivity index (χ0n) is 8.25. The number of nitriles is 1. The molecule has 0 bridgehead atoms. The van der Waals surface area contributed by atoms with Crippen LogP contribution in [0.4, 0.5) is 5.69 Å². The molecular formula is C8H6ClN3O4S. The van der Waals surface area contributed by atoms with Gasteiger partial charge in [0.05, 0.1) is 10.5 Å². The molecule has 0 atom stereocenters. The van der Waals surface area contributed by atoms with Crippen LogP contribution in [0.1, 0.15) is 11.1 Å². The Morgan fingerprint density at radius 1 is 1.53 bits per heavy atom. The average molecular weight is 276 g/mol. The number of halogens is 1. The molecule has 0 saturated heterocycles. The third kappa shape index (κ3) is 2.52. The van der Waals surface area contributed by atoms with E-state index >= 15 is 0 Å². The minimum Gasteiger partial charge on any atom is -0.326 e. The van der Waals surface area contributed by atoms with E-state index in [2.05, 4.69) is 0 Å². The molecule has 0 aliphatic rings. The number of hydrogen-bond donors (Lipinski definition) is 1. The van der Waals surface area contributed by atoms with Crippen LogP contribution in [0.25, 0.3) is 0 Å². The van der Waals surface area contributed by atoms with E-state index < -0.39 is 24.6 Å². The third-order valence-corrected chi connectivity index (χ3v) is 3.35. The lowest BCUT2D eigenvalue weighted by molar-refractivity contribution is -0.388. The first-order valence-electron chi connectivity index (χ1n) is 4.18. The lowest BCUT2D eigenvalue weighted by atomic mass is 10.1. The second kappa shape index (κ2) is 4.67. The largest absolute Gasteiger partial charge is 0.326 e. The van der Waals surface area contributed by atoms with Crippen LogP contribution >= 0.6 is 10.7 Å². The van der Waals surface area contributed by atoms with Gasteiger partial charge in [0.1, 0.15) is 6.07 Å². The average Bonchev–Trinajstić information content (AvgIpc) is 2.25. The zero-order valence-corrected chi connectivity index (χ0v) is 9.83. The molecule has 0 saturated carbocycles. The summed E-state index contributed by atoms with van der Waals surface area (Å²) < 4.78 is 22.6. The van der Waals surface area contributed by atoms with E-state index in [1.54, 1.807) is 0 Å². The summed E-state index contributed by atoms with van der Waals surface area (Å²) in [6.07, 6.45) is 0. The van der Waals surface area contributed by atoms with Crippen molar-refractivity contribution in [3.63, 3.8) is 0 Å². The number of nitro groups is 1. The summed E-state index contributed by atoms with van der Waals surface area (Å²) in [4.78, 5) is 9.10. The van der Waals surface area contributed by atoms with Crippen molar-refractivity contribution < 1.29 is 13.3 Å². The molecule has 0 radical (unpaired) electrons. The Hall–Kier alpha value is -1.69. The van der Waals surface area contributed by atoms with Crippen LogP contribution in [0.3, 0.4) is 0 Å². The Balaban J connectivity index is 3.86. The number of nitrogens with zero attached hydrogens (tertiary/aromatic N) is 2. The number of nitrogens with two attached hydrogens (primary N) is 1. The molecule has 0 amide bonds. The highest BCUT2D eigenvalue weighted by molar-refractivity contribution is 8.13. The summed E-state index contributed by atoms with van der Waals surface area (Å²) >= 11 is 0. The molecule has 1 rings (SSSR count). The topological polar surface area (TPSA) is 127 Å². The Morgan fingerprint density at radius 3 is 2.47 bits per heavy atom. The maximum absolute atomic E-state index is 11.3. The van der Waals surface area contributed by atoms with Gasteiger partial charge in [0, 0.05) is 22.8 Å². The Labute approximate surface area is 101 Å². The monoisotopic (exact) mass is 275 g/mol. The standard InChI is InChI=1S/C8H6ClN3O4S/c9-17(15,16)8-6(4-11)2-1-5(3-10)7(8)12(13)14/h1-2H,3,10H2. The molecule has 17 heavy (non-hydrogen) atoms. The molecular weight excluding hydrogens is 270 g/mol. The summed E-state index contributed by atoms with van der Waals surface area (Å²) in [5.41, 5.74) is 4.13. The van der Waals surface area contributed by atoms with E-state index in [-0.39, 0.29) is 17.7 Å². The molecule has 0 aliphatic heterocycles. The molecule has 0 fully saturated rings. The highest BCUT2D eigenvalue weighted by atomic mass is 35.7. The maximum Gasteiger partial charge on any atom is 0.295 e. The third-order valence-electron chi connectivity index (χ3n) is 1.98.